The van der Waals surface area contributed by atoms with Gasteiger partial charge in [0.25, 0.3) is 0 Å². The van der Waals surface area contributed by atoms with Crippen molar-refractivity contribution >= 4 is 17.1 Å². The zero-order chi connectivity index (χ0) is 17.8. The minimum Gasteiger partial charge on any atom is -0.449 e. The number of likely N-dealkylation sites (tertiary alicyclic amines) is 1. The Kier molecular flexibility index (Phi) is 5.58. The summed E-state index contributed by atoms with van der Waals surface area (Å²) < 4.78 is 8.08. The molecule has 25 heavy (non-hydrogen) atoms. The van der Waals surface area contributed by atoms with E-state index in [2.05, 4.69) is 11.8 Å². The molecule has 6 heteroatoms. The van der Waals surface area contributed by atoms with Crippen LogP contribution in [0.3, 0.4) is 0 Å². The number of piperidine rings is 1. The summed E-state index contributed by atoms with van der Waals surface area (Å²) in [5, 5.41) is 0. The molecule has 0 N–H and O–H groups in total. The van der Waals surface area contributed by atoms with Crippen LogP contribution in [-0.4, -0.2) is 46.4 Å². The quantitative estimate of drug-likeness (QED) is 0.836. The normalized spacial score (nSPS) is 16.4. The number of aryl methyl sites for hydroxylation is 1. The highest BCUT2D eigenvalue weighted by atomic mass is 16.5. The number of imidazole rings is 1. The number of ether oxygens (including phenoxy) is 1. The van der Waals surface area contributed by atoms with Crippen LogP contribution in [-0.2, 0) is 11.8 Å². The number of benzene rings is 1. The lowest BCUT2D eigenvalue weighted by Gasteiger charge is -2.31. The molecule has 0 radical (unpaired) electrons. The summed E-state index contributed by atoms with van der Waals surface area (Å²) in [7, 11) is 1.67. The lowest BCUT2D eigenvalue weighted by atomic mass is 9.98. The average molecular weight is 345 g/mol. The van der Waals surface area contributed by atoms with Crippen molar-refractivity contribution in [1.29, 1.82) is 0 Å². The van der Waals surface area contributed by atoms with Gasteiger partial charge in [-0.3, -0.25) is 4.57 Å². The van der Waals surface area contributed by atoms with Crippen LogP contribution in [0.5, 0.6) is 0 Å². The van der Waals surface area contributed by atoms with Crippen molar-refractivity contribution in [3.63, 3.8) is 0 Å². The van der Waals surface area contributed by atoms with Gasteiger partial charge in [-0.1, -0.05) is 25.5 Å². The maximum Gasteiger partial charge on any atom is 0.422 e. The van der Waals surface area contributed by atoms with E-state index in [-0.39, 0.29) is 5.69 Å². The second-order valence-electron chi connectivity index (χ2n) is 6.88. The third kappa shape index (κ3) is 3.79. The van der Waals surface area contributed by atoms with Gasteiger partial charge in [0.2, 0.25) is 0 Å². The lowest BCUT2D eigenvalue weighted by Crippen LogP contribution is -2.36. The molecule has 0 amide bonds. The van der Waals surface area contributed by atoms with Gasteiger partial charge < -0.3 is 9.64 Å². The van der Waals surface area contributed by atoms with E-state index in [0.717, 1.165) is 42.6 Å². The molecule has 2 heterocycles. The first-order valence-electron chi connectivity index (χ1n) is 9.17. The van der Waals surface area contributed by atoms with Gasteiger partial charge in [0.05, 0.1) is 17.6 Å². The van der Waals surface area contributed by atoms with Crippen molar-refractivity contribution in [3.05, 3.63) is 34.7 Å². The van der Waals surface area contributed by atoms with Gasteiger partial charge in [0.1, 0.15) is 0 Å². The summed E-state index contributed by atoms with van der Waals surface area (Å²) >= 11 is 0. The molecule has 136 valence electrons. The van der Waals surface area contributed by atoms with Gasteiger partial charge in [0.15, 0.2) is 0 Å². The summed E-state index contributed by atoms with van der Waals surface area (Å²) in [4.78, 5) is 27.3. The SMILES string of the molecule is CCCCN1CCC(COC(=O)n2c(=O)n(C)c3ccccc32)CC1. The number of hydrogen-bond acceptors (Lipinski definition) is 4. The van der Waals surface area contributed by atoms with E-state index < -0.39 is 6.09 Å². The van der Waals surface area contributed by atoms with E-state index in [0.29, 0.717) is 18.0 Å². The predicted molar refractivity (Wildman–Crippen MR) is 98.0 cm³/mol. The van der Waals surface area contributed by atoms with E-state index in [9.17, 15) is 9.59 Å². The first-order chi connectivity index (χ1) is 12.1. The first-order valence-corrected chi connectivity index (χ1v) is 9.17. The zero-order valence-corrected chi connectivity index (χ0v) is 15.1. The highest BCUT2D eigenvalue weighted by molar-refractivity contribution is 5.86. The summed E-state index contributed by atoms with van der Waals surface area (Å²) in [6.07, 6.45) is 3.97. The molecule has 1 aliphatic rings. The molecular formula is C19H27N3O3. The second kappa shape index (κ2) is 7.87. The van der Waals surface area contributed by atoms with Crippen LogP contribution in [0.2, 0.25) is 0 Å². The van der Waals surface area contributed by atoms with Crippen molar-refractivity contribution in [1.82, 2.24) is 14.0 Å². The van der Waals surface area contributed by atoms with Crippen LogP contribution in [0, 0.1) is 5.92 Å². The van der Waals surface area contributed by atoms with Gasteiger partial charge in [0, 0.05) is 7.05 Å². The Bertz CT molecular complexity index is 785. The fourth-order valence-electron chi connectivity index (χ4n) is 3.48. The number of aromatic nitrogens is 2. The fraction of sp³-hybridized carbons (Fsp3) is 0.579. The fourth-order valence-corrected chi connectivity index (χ4v) is 3.48. The number of unbranched alkanes of at least 4 members (excludes halogenated alkanes) is 1. The summed E-state index contributed by atoms with van der Waals surface area (Å²) in [5.74, 6) is 0.382. The Labute approximate surface area is 148 Å². The van der Waals surface area contributed by atoms with E-state index in [1.54, 1.807) is 13.1 Å². The molecule has 1 fully saturated rings. The Morgan fingerprint density at radius 1 is 1.20 bits per heavy atom. The molecule has 3 rings (SSSR count). The van der Waals surface area contributed by atoms with Crippen molar-refractivity contribution in [2.24, 2.45) is 13.0 Å². The van der Waals surface area contributed by atoms with Gasteiger partial charge in [-0.05, 0) is 56.9 Å². The molecular weight excluding hydrogens is 318 g/mol. The van der Waals surface area contributed by atoms with E-state index in [4.69, 9.17) is 4.74 Å². The van der Waals surface area contributed by atoms with Crippen LogP contribution >= 0.6 is 0 Å². The highest BCUT2D eigenvalue weighted by Gasteiger charge is 2.22. The second-order valence-corrected chi connectivity index (χ2v) is 6.88. The molecule has 0 bridgehead atoms. The van der Waals surface area contributed by atoms with Crippen molar-refractivity contribution in [2.45, 2.75) is 32.6 Å². The molecule has 1 aromatic heterocycles. The molecule has 0 aliphatic carbocycles. The number of carbonyl (C=O) groups is 1. The first kappa shape index (κ1) is 17.7. The Morgan fingerprint density at radius 3 is 2.56 bits per heavy atom. The molecule has 6 nitrogen and oxygen atoms in total. The van der Waals surface area contributed by atoms with E-state index in [1.807, 2.05) is 18.2 Å². The molecule has 0 saturated carbocycles. The smallest absolute Gasteiger partial charge is 0.422 e. The summed E-state index contributed by atoms with van der Waals surface area (Å²) in [5.41, 5.74) is 0.962. The van der Waals surface area contributed by atoms with Crippen molar-refractivity contribution in [3.8, 4) is 0 Å². The monoisotopic (exact) mass is 345 g/mol. The average Bonchev–Trinajstić information content (AvgIpc) is 2.90. The number of carbonyl (C=O) groups excluding carboxylic acids is 1. The van der Waals surface area contributed by atoms with Crippen LogP contribution in [0.4, 0.5) is 4.79 Å². The molecule has 2 aromatic rings. The number of para-hydroxylation sites is 2. The Morgan fingerprint density at radius 2 is 1.88 bits per heavy atom. The number of fused-ring (bicyclic) bond motifs is 1. The Balaban J connectivity index is 1.59. The van der Waals surface area contributed by atoms with Crippen LogP contribution in [0.25, 0.3) is 11.0 Å². The van der Waals surface area contributed by atoms with Gasteiger partial charge in [-0.25, -0.2) is 9.59 Å². The van der Waals surface area contributed by atoms with E-state index >= 15 is 0 Å². The molecule has 0 atom stereocenters. The minimum atomic E-state index is -0.574. The largest absolute Gasteiger partial charge is 0.449 e. The minimum absolute atomic E-state index is 0.361. The van der Waals surface area contributed by atoms with Gasteiger partial charge in [-0.2, -0.15) is 4.57 Å². The maximum atomic E-state index is 12.5. The van der Waals surface area contributed by atoms with Gasteiger partial charge in [-0.15, -0.1) is 0 Å². The number of hydrogen-bond donors (Lipinski definition) is 0. The van der Waals surface area contributed by atoms with Crippen molar-refractivity contribution in [2.75, 3.05) is 26.2 Å². The Hall–Kier alpha value is -2.08. The van der Waals surface area contributed by atoms with Crippen LogP contribution < -0.4 is 5.69 Å². The summed E-state index contributed by atoms with van der Waals surface area (Å²) in [6, 6.07) is 7.26. The zero-order valence-electron chi connectivity index (χ0n) is 15.1. The van der Waals surface area contributed by atoms with Crippen LogP contribution in [0.15, 0.2) is 29.1 Å². The number of rotatable bonds is 5. The maximum absolute atomic E-state index is 12.5. The molecule has 1 aliphatic heterocycles. The summed E-state index contributed by atoms with van der Waals surface area (Å²) in [6.45, 7) is 5.89. The van der Waals surface area contributed by atoms with Crippen LogP contribution in [0.1, 0.15) is 32.6 Å². The van der Waals surface area contributed by atoms with Crippen molar-refractivity contribution < 1.29 is 9.53 Å². The molecule has 0 spiro atoms. The standard InChI is InChI=1S/C19H27N3O3/c1-3-4-11-21-12-9-15(10-13-21)14-25-19(24)22-17-8-6-5-7-16(17)20(2)18(22)23/h5-8,15H,3-4,9-14H2,1-2H3. The van der Waals surface area contributed by atoms with E-state index in [1.165, 1.54) is 17.4 Å². The third-order valence-electron chi connectivity index (χ3n) is 5.12. The van der Waals surface area contributed by atoms with Gasteiger partial charge >= 0.3 is 11.8 Å². The molecule has 0 unspecified atom stereocenters. The predicted octanol–water partition coefficient (Wildman–Crippen LogP) is 2.84. The highest BCUT2D eigenvalue weighted by Crippen LogP contribution is 2.18. The molecule has 1 aromatic carbocycles. The molecule has 1 saturated heterocycles. The third-order valence-corrected chi connectivity index (χ3v) is 5.12. The lowest BCUT2D eigenvalue weighted by molar-refractivity contribution is 0.0968. The topological polar surface area (TPSA) is 56.5 Å². The number of nitrogens with zero attached hydrogens (tertiary/aromatic N) is 3.